The van der Waals surface area contributed by atoms with Crippen LogP contribution >= 0.6 is 0 Å². The number of aryl methyl sites for hydroxylation is 1. The van der Waals surface area contributed by atoms with Crippen LogP contribution in [0.3, 0.4) is 0 Å². The highest BCUT2D eigenvalue weighted by Crippen LogP contribution is 2.12. The number of rotatable bonds is 7. The van der Waals surface area contributed by atoms with Crippen LogP contribution in [-0.4, -0.2) is 20.9 Å². The number of hydrogen-bond donors (Lipinski definition) is 3. The number of benzene rings is 2. The number of carbonyl (C=O) groups excluding carboxylic acids is 1. The lowest BCUT2D eigenvalue weighted by molar-refractivity contribution is -0.120. The van der Waals surface area contributed by atoms with Crippen LogP contribution in [-0.2, 0) is 21.4 Å². The topological polar surface area (TPSA) is 101 Å². The first-order valence-corrected chi connectivity index (χ1v) is 9.49. The second-order valence-corrected chi connectivity index (χ2v) is 7.55. The molecule has 0 saturated carbocycles. The van der Waals surface area contributed by atoms with E-state index < -0.39 is 10.0 Å². The van der Waals surface area contributed by atoms with E-state index in [1.807, 2.05) is 38.1 Å². The van der Waals surface area contributed by atoms with E-state index in [1.165, 1.54) is 17.7 Å². The van der Waals surface area contributed by atoms with Crippen LogP contribution in [0.25, 0.3) is 0 Å². The highest BCUT2D eigenvalue weighted by molar-refractivity contribution is 7.89. The van der Waals surface area contributed by atoms with E-state index in [0.29, 0.717) is 6.54 Å². The molecule has 0 aromatic heterocycles. The molecule has 134 valence electrons. The molecule has 0 saturated heterocycles. The van der Waals surface area contributed by atoms with Gasteiger partial charge in [-0.05, 0) is 37.1 Å². The van der Waals surface area contributed by atoms with E-state index in [-0.39, 0.29) is 23.4 Å². The average Bonchev–Trinajstić information content (AvgIpc) is 2.55. The molecule has 0 aliphatic rings. The van der Waals surface area contributed by atoms with Crippen molar-refractivity contribution >= 4 is 15.9 Å². The minimum Gasteiger partial charge on any atom is -0.348 e. The second kappa shape index (κ2) is 8.24. The molecular formula is C18H23N3O3S. The predicted octanol–water partition coefficient (Wildman–Crippen LogP) is 1.61. The number of nitrogens with one attached hydrogen (secondary N) is 2. The van der Waals surface area contributed by atoms with Crippen LogP contribution in [0.5, 0.6) is 0 Å². The Morgan fingerprint density at radius 3 is 2.24 bits per heavy atom. The van der Waals surface area contributed by atoms with Crippen molar-refractivity contribution in [1.29, 1.82) is 0 Å². The fraction of sp³-hybridized carbons (Fsp3) is 0.278. The summed E-state index contributed by atoms with van der Waals surface area (Å²) in [6.45, 7) is 4.59. The second-order valence-electron chi connectivity index (χ2n) is 5.99. The third-order valence-electron chi connectivity index (χ3n) is 3.82. The highest BCUT2D eigenvalue weighted by Gasteiger charge is 2.09. The van der Waals surface area contributed by atoms with Crippen LogP contribution in [0.15, 0.2) is 53.4 Å². The molecule has 0 aliphatic carbocycles. The van der Waals surface area contributed by atoms with Crippen LogP contribution in [0.2, 0.25) is 0 Å². The maximum Gasteiger partial charge on any atom is 0.238 e. The molecule has 0 spiro atoms. The number of hydrogen-bond acceptors (Lipinski definition) is 4. The number of nitrogens with two attached hydrogens (primary N) is 1. The molecule has 0 radical (unpaired) electrons. The van der Waals surface area contributed by atoms with E-state index in [2.05, 4.69) is 10.6 Å². The summed E-state index contributed by atoms with van der Waals surface area (Å²) in [6, 6.07) is 14.2. The van der Waals surface area contributed by atoms with Gasteiger partial charge >= 0.3 is 0 Å². The summed E-state index contributed by atoms with van der Waals surface area (Å²) in [5.74, 6) is -0.103. The molecular weight excluding hydrogens is 338 g/mol. The van der Waals surface area contributed by atoms with Gasteiger partial charge in [-0.3, -0.25) is 4.79 Å². The van der Waals surface area contributed by atoms with Crippen molar-refractivity contribution < 1.29 is 13.2 Å². The molecule has 1 atom stereocenters. The molecule has 25 heavy (non-hydrogen) atoms. The molecule has 0 fully saturated rings. The summed E-state index contributed by atoms with van der Waals surface area (Å²) in [5.41, 5.74) is 3.10. The van der Waals surface area contributed by atoms with Gasteiger partial charge in [0.1, 0.15) is 0 Å². The van der Waals surface area contributed by atoms with Crippen LogP contribution in [0, 0.1) is 6.92 Å². The van der Waals surface area contributed by atoms with Gasteiger partial charge in [-0.25, -0.2) is 13.6 Å². The lowest BCUT2D eigenvalue weighted by atomic mass is 10.1. The number of primary sulfonamides is 1. The first-order chi connectivity index (χ1) is 11.8. The largest absolute Gasteiger partial charge is 0.348 e. The molecule has 1 amide bonds. The Morgan fingerprint density at radius 1 is 1.08 bits per heavy atom. The lowest BCUT2D eigenvalue weighted by Crippen LogP contribution is -2.35. The van der Waals surface area contributed by atoms with E-state index in [0.717, 1.165) is 11.1 Å². The molecule has 6 nitrogen and oxygen atoms in total. The quantitative estimate of drug-likeness (QED) is 0.697. The fourth-order valence-corrected chi connectivity index (χ4v) is 2.86. The van der Waals surface area contributed by atoms with E-state index in [1.54, 1.807) is 12.1 Å². The normalized spacial score (nSPS) is 12.6. The van der Waals surface area contributed by atoms with Crippen LogP contribution in [0.1, 0.15) is 29.7 Å². The molecule has 7 heteroatoms. The monoisotopic (exact) mass is 361 g/mol. The molecule has 0 unspecified atom stereocenters. The van der Waals surface area contributed by atoms with Gasteiger partial charge in [-0.2, -0.15) is 0 Å². The van der Waals surface area contributed by atoms with Gasteiger partial charge in [0.15, 0.2) is 0 Å². The number of carbonyl (C=O) groups is 1. The SMILES string of the molecule is Cc1ccc([C@H](C)NC(=O)CNCc2ccc(S(N)(=O)=O)cc2)cc1. The van der Waals surface area contributed by atoms with Crippen molar-refractivity contribution in [1.82, 2.24) is 10.6 Å². The van der Waals surface area contributed by atoms with Crippen molar-refractivity contribution in [2.75, 3.05) is 6.54 Å². The minimum absolute atomic E-state index is 0.0658. The smallest absolute Gasteiger partial charge is 0.238 e. The summed E-state index contributed by atoms with van der Waals surface area (Å²) >= 11 is 0. The molecule has 2 aromatic rings. The summed E-state index contributed by atoms with van der Waals surface area (Å²) in [4.78, 5) is 12.1. The van der Waals surface area contributed by atoms with Gasteiger partial charge in [0.25, 0.3) is 0 Å². The van der Waals surface area contributed by atoms with Crippen molar-refractivity contribution in [3.8, 4) is 0 Å². The Bertz CT molecular complexity index is 816. The molecule has 0 bridgehead atoms. The first-order valence-electron chi connectivity index (χ1n) is 7.94. The Kier molecular flexibility index (Phi) is 6.30. The van der Waals surface area contributed by atoms with Gasteiger partial charge < -0.3 is 10.6 Å². The van der Waals surface area contributed by atoms with E-state index >= 15 is 0 Å². The fourth-order valence-electron chi connectivity index (χ4n) is 2.35. The predicted molar refractivity (Wildman–Crippen MR) is 97.3 cm³/mol. The first kappa shape index (κ1) is 19.1. The van der Waals surface area contributed by atoms with Crippen molar-refractivity contribution in [3.05, 3.63) is 65.2 Å². The third-order valence-corrected chi connectivity index (χ3v) is 4.75. The summed E-state index contributed by atoms with van der Waals surface area (Å²) in [6.07, 6.45) is 0. The maximum atomic E-state index is 12.0. The van der Waals surface area contributed by atoms with Crippen LogP contribution < -0.4 is 15.8 Å². The molecule has 2 aromatic carbocycles. The van der Waals surface area contributed by atoms with E-state index in [9.17, 15) is 13.2 Å². The maximum absolute atomic E-state index is 12.0. The van der Waals surface area contributed by atoms with Crippen LogP contribution in [0.4, 0.5) is 0 Å². The summed E-state index contributed by atoms with van der Waals surface area (Å²) in [5, 5.41) is 11.0. The van der Waals surface area contributed by atoms with Crippen molar-refractivity contribution in [2.24, 2.45) is 5.14 Å². The summed E-state index contributed by atoms with van der Waals surface area (Å²) in [7, 11) is -3.68. The van der Waals surface area contributed by atoms with Gasteiger partial charge in [-0.1, -0.05) is 42.0 Å². The zero-order valence-corrected chi connectivity index (χ0v) is 15.1. The Balaban J connectivity index is 1.79. The highest BCUT2D eigenvalue weighted by atomic mass is 32.2. The standard InChI is InChI=1S/C18H23N3O3S/c1-13-3-7-16(8-4-13)14(2)21-18(22)12-20-11-15-5-9-17(10-6-15)25(19,23)24/h3-10,14,20H,11-12H2,1-2H3,(H,21,22)(H2,19,23,24)/t14-/m0/s1. The van der Waals surface area contributed by atoms with Gasteiger partial charge in [0, 0.05) is 6.54 Å². The van der Waals surface area contributed by atoms with E-state index in [4.69, 9.17) is 5.14 Å². The molecule has 4 N–H and O–H groups in total. The van der Waals surface area contributed by atoms with Crippen molar-refractivity contribution in [3.63, 3.8) is 0 Å². The number of sulfonamides is 1. The molecule has 2 rings (SSSR count). The van der Waals surface area contributed by atoms with Crippen molar-refractivity contribution in [2.45, 2.75) is 31.3 Å². The van der Waals surface area contributed by atoms with Gasteiger partial charge in [0.2, 0.25) is 15.9 Å². The Morgan fingerprint density at radius 2 is 1.68 bits per heavy atom. The van der Waals surface area contributed by atoms with Gasteiger partial charge in [0.05, 0.1) is 17.5 Å². The zero-order valence-electron chi connectivity index (χ0n) is 14.3. The Labute approximate surface area is 148 Å². The summed E-state index contributed by atoms with van der Waals surface area (Å²) < 4.78 is 22.4. The zero-order chi connectivity index (χ0) is 18.4. The lowest BCUT2D eigenvalue weighted by Gasteiger charge is -2.15. The third kappa shape index (κ3) is 5.97. The average molecular weight is 361 g/mol. The molecule has 0 aliphatic heterocycles. The molecule has 0 heterocycles. The Hall–Kier alpha value is -2.22. The van der Waals surface area contributed by atoms with Gasteiger partial charge in [-0.15, -0.1) is 0 Å². The minimum atomic E-state index is -3.68. The number of amides is 1.